The van der Waals surface area contributed by atoms with Gasteiger partial charge in [-0.2, -0.15) is 0 Å². The fourth-order valence-corrected chi connectivity index (χ4v) is 6.73. The summed E-state index contributed by atoms with van der Waals surface area (Å²) in [6.45, 7) is 3.59. The Morgan fingerprint density at radius 1 is 1.25 bits per heavy atom. The average Bonchev–Trinajstić information content (AvgIpc) is 3.39. The van der Waals surface area contributed by atoms with Crippen LogP contribution < -0.4 is 5.73 Å². The summed E-state index contributed by atoms with van der Waals surface area (Å²) in [5, 5.41) is 0.996. The van der Waals surface area contributed by atoms with Gasteiger partial charge in [0, 0.05) is 41.0 Å². The molecule has 3 N–H and O–H groups in total. The van der Waals surface area contributed by atoms with Crippen molar-refractivity contribution in [2.75, 3.05) is 32.9 Å². The van der Waals surface area contributed by atoms with Crippen molar-refractivity contribution in [2.24, 2.45) is 5.73 Å². The second-order valence-electron chi connectivity index (χ2n) is 8.63. The number of aromatic amines is 1. The maximum atomic E-state index is 12.2. The third-order valence-electron chi connectivity index (χ3n) is 6.16. The number of hydrogen-bond donors (Lipinski definition) is 2. The van der Waals surface area contributed by atoms with Crippen LogP contribution in [0.15, 0.2) is 30.5 Å². The Morgan fingerprint density at radius 3 is 2.59 bits per heavy atom. The molecule has 0 spiro atoms. The third kappa shape index (κ3) is 4.47. The molecule has 0 bridgehead atoms. The SMILES string of the molecule is CCS(=O)(=O)N1CCC(c2c[nH]c3c(C(N)=O)cc(-c4ccc(CN(C)C)s4)cc23)CC1. The highest BCUT2D eigenvalue weighted by Gasteiger charge is 2.29. The molecule has 1 aliphatic rings. The number of sulfonamides is 1. The molecule has 0 aliphatic carbocycles. The number of nitrogens with one attached hydrogen (secondary N) is 1. The number of amides is 1. The van der Waals surface area contributed by atoms with Gasteiger partial charge in [-0.3, -0.25) is 4.79 Å². The monoisotopic (exact) mass is 474 g/mol. The van der Waals surface area contributed by atoms with E-state index in [9.17, 15) is 13.2 Å². The second kappa shape index (κ2) is 8.97. The van der Waals surface area contributed by atoms with Crippen molar-refractivity contribution in [1.82, 2.24) is 14.2 Å². The normalized spacial score (nSPS) is 16.2. The van der Waals surface area contributed by atoms with Crippen LogP contribution in [-0.4, -0.2) is 61.5 Å². The summed E-state index contributed by atoms with van der Waals surface area (Å²) >= 11 is 1.72. The van der Waals surface area contributed by atoms with Gasteiger partial charge in [0.1, 0.15) is 0 Å². The molecule has 1 aliphatic heterocycles. The van der Waals surface area contributed by atoms with Crippen LogP contribution in [0.4, 0.5) is 0 Å². The maximum absolute atomic E-state index is 12.2. The number of piperidine rings is 1. The Morgan fingerprint density at radius 2 is 1.97 bits per heavy atom. The molecule has 3 aromatic rings. The molecule has 32 heavy (non-hydrogen) atoms. The van der Waals surface area contributed by atoms with Crippen molar-refractivity contribution in [1.29, 1.82) is 0 Å². The van der Waals surface area contributed by atoms with Gasteiger partial charge in [0.2, 0.25) is 10.0 Å². The van der Waals surface area contributed by atoms with Crippen molar-refractivity contribution >= 4 is 38.2 Å². The number of carbonyl (C=O) groups excluding carboxylic acids is 1. The third-order valence-corrected chi connectivity index (χ3v) is 9.16. The van der Waals surface area contributed by atoms with E-state index in [0.29, 0.717) is 18.7 Å². The molecule has 1 saturated heterocycles. The molecule has 1 fully saturated rings. The number of nitrogens with two attached hydrogens (primary N) is 1. The fraction of sp³-hybridized carbons (Fsp3) is 0.435. The molecule has 4 rings (SSSR count). The average molecular weight is 475 g/mol. The molecule has 0 unspecified atom stereocenters. The first-order chi connectivity index (χ1) is 15.2. The van der Waals surface area contributed by atoms with Gasteiger partial charge < -0.3 is 15.6 Å². The highest BCUT2D eigenvalue weighted by molar-refractivity contribution is 7.89. The molecule has 0 radical (unpaired) electrons. The van der Waals surface area contributed by atoms with E-state index in [0.717, 1.165) is 46.3 Å². The van der Waals surface area contributed by atoms with Gasteiger partial charge in [-0.1, -0.05) is 0 Å². The number of fused-ring (bicyclic) bond motifs is 1. The summed E-state index contributed by atoms with van der Waals surface area (Å²) in [6, 6.07) is 8.21. The molecule has 3 heterocycles. The number of primary amides is 1. The number of H-pyrrole nitrogens is 1. The Kier molecular flexibility index (Phi) is 6.44. The van der Waals surface area contributed by atoms with E-state index in [1.54, 1.807) is 22.6 Å². The number of hydrogen-bond acceptors (Lipinski definition) is 5. The Balaban J connectivity index is 1.70. The lowest BCUT2D eigenvalue weighted by molar-refractivity contribution is 0.100. The number of rotatable bonds is 7. The maximum Gasteiger partial charge on any atom is 0.250 e. The fourth-order valence-electron chi connectivity index (χ4n) is 4.48. The van der Waals surface area contributed by atoms with E-state index >= 15 is 0 Å². The van der Waals surface area contributed by atoms with E-state index < -0.39 is 15.9 Å². The van der Waals surface area contributed by atoms with Crippen molar-refractivity contribution in [3.05, 3.63) is 46.5 Å². The van der Waals surface area contributed by atoms with Gasteiger partial charge in [-0.05, 0) is 75.2 Å². The number of nitrogens with zero attached hydrogens (tertiary/aromatic N) is 2. The van der Waals surface area contributed by atoms with Crippen LogP contribution in [0.5, 0.6) is 0 Å². The molecule has 0 atom stereocenters. The van der Waals surface area contributed by atoms with Crippen molar-refractivity contribution in [2.45, 2.75) is 32.2 Å². The molecule has 172 valence electrons. The molecule has 2 aromatic heterocycles. The lowest BCUT2D eigenvalue weighted by Gasteiger charge is -2.31. The minimum Gasteiger partial charge on any atom is -0.366 e. The number of benzene rings is 1. The van der Waals surface area contributed by atoms with Gasteiger partial charge in [0.05, 0.1) is 16.8 Å². The van der Waals surface area contributed by atoms with E-state index in [2.05, 4.69) is 28.1 Å². The van der Waals surface area contributed by atoms with Crippen molar-refractivity contribution < 1.29 is 13.2 Å². The lowest BCUT2D eigenvalue weighted by atomic mass is 9.89. The van der Waals surface area contributed by atoms with Crippen LogP contribution in [0.25, 0.3) is 21.3 Å². The summed E-state index contributed by atoms with van der Waals surface area (Å²) in [5.74, 6) is -0.0953. The lowest BCUT2D eigenvalue weighted by Crippen LogP contribution is -2.38. The standard InChI is InChI=1S/C23H30N4O3S2/c1-4-32(29,30)27-9-7-15(8-10-27)20-13-25-22-18(20)11-16(12-19(22)23(24)28)21-6-5-17(31-21)14-26(2)3/h5-6,11-13,15,25H,4,7-10,14H2,1-3H3,(H2,24,28). The van der Waals surface area contributed by atoms with Crippen molar-refractivity contribution in [3.63, 3.8) is 0 Å². The van der Waals surface area contributed by atoms with Crippen LogP contribution in [-0.2, 0) is 16.6 Å². The zero-order chi connectivity index (χ0) is 23.0. The summed E-state index contributed by atoms with van der Waals surface area (Å²) in [5.41, 5.74) is 9.08. The minimum absolute atomic E-state index is 0.132. The van der Waals surface area contributed by atoms with Gasteiger partial charge >= 0.3 is 0 Å². The van der Waals surface area contributed by atoms with Gasteiger partial charge in [0.15, 0.2) is 0 Å². The summed E-state index contributed by atoms with van der Waals surface area (Å²) in [7, 11) is 0.922. The Bertz CT molecular complexity index is 1240. The first-order valence-corrected chi connectivity index (χ1v) is 13.3. The van der Waals surface area contributed by atoms with Crippen LogP contribution in [0.1, 0.15) is 46.5 Å². The smallest absolute Gasteiger partial charge is 0.250 e. The summed E-state index contributed by atoms with van der Waals surface area (Å²) in [6.07, 6.45) is 3.48. The molecule has 9 heteroatoms. The van der Waals surface area contributed by atoms with Crippen molar-refractivity contribution in [3.8, 4) is 10.4 Å². The highest BCUT2D eigenvalue weighted by Crippen LogP contribution is 2.38. The Labute approximate surface area is 193 Å². The summed E-state index contributed by atoms with van der Waals surface area (Å²) < 4.78 is 26.0. The molecule has 1 aromatic carbocycles. The quantitative estimate of drug-likeness (QED) is 0.547. The van der Waals surface area contributed by atoms with E-state index in [4.69, 9.17) is 5.73 Å². The zero-order valence-electron chi connectivity index (χ0n) is 18.7. The molecule has 7 nitrogen and oxygen atoms in total. The second-order valence-corrected chi connectivity index (χ2v) is 12.1. The number of aromatic nitrogens is 1. The van der Waals surface area contributed by atoms with Crippen LogP contribution in [0.2, 0.25) is 0 Å². The molecular weight excluding hydrogens is 444 g/mol. The number of thiophene rings is 1. The predicted molar refractivity (Wildman–Crippen MR) is 131 cm³/mol. The van der Waals surface area contributed by atoms with Gasteiger partial charge in [0.25, 0.3) is 5.91 Å². The topological polar surface area (TPSA) is 99.5 Å². The first-order valence-electron chi connectivity index (χ1n) is 10.9. The van der Waals surface area contributed by atoms with Gasteiger partial charge in [-0.25, -0.2) is 12.7 Å². The predicted octanol–water partition coefficient (Wildman–Crippen LogP) is 3.59. The minimum atomic E-state index is -3.16. The van der Waals surface area contributed by atoms with Crippen LogP contribution in [0, 0.1) is 0 Å². The van der Waals surface area contributed by atoms with Gasteiger partial charge in [-0.15, -0.1) is 11.3 Å². The molecule has 1 amide bonds. The molecule has 0 saturated carbocycles. The first kappa shape index (κ1) is 23.0. The molecular formula is C23H30N4O3S2. The zero-order valence-corrected chi connectivity index (χ0v) is 20.4. The summed E-state index contributed by atoms with van der Waals surface area (Å²) in [4.78, 5) is 20.0. The van der Waals surface area contributed by atoms with E-state index in [1.165, 1.54) is 4.88 Å². The number of carbonyl (C=O) groups is 1. The highest BCUT2D eigenvalue weighted by atomic mass is 32.2. The van der Waals surface area contributed by atoms with E-state index in [-0.39, 0.29) is 11.7 Å². The van der Waals surface area contributed by atoms with Crippen LogP contribution >= 0.6 is 11.3 Å². The van der Waals surface area contributed by atoms with Crippen LogP contribution in [0.3, 0.4) is 0 Å². The Hall–Kier alpha value is -2.20. The van der Waals surface area contributed by atoms with E-state index in [1.807, 2.05) is 26.4 Å². The largest absolute Gasteiger partial charge is 0.366 e.